The summed E-state index contributed by atoms with van der Waals surface area (Å²) in [6.07, 6.45) is 7.02. The Hall–Kier alpha value is -4.14. The van der Waals surface area contributed by atoms with Crippen LogP contribution in [0.3, 0.4) is 0 Å². The lowest BCUT2D eigenvalue weighted by Crippen LogP contribution is -2.29. The summed E-state index contributed by atoms with van der Waals surface area (Å²) < 4.78 is 15.9. The molecule has 0 bridgehead atoms. The van der Waals surface area contributed by atoms with E-state index < -0.39 is 5.91 Å². The molecule has 11 heteroatoms. The van der Waals surface area contributed by atoms with Gasteiger partial charge < -0.3 is 35.9 Å². The molecular weight excluding hydrogens is 536 g/mol. The van der Waals surface area contributed by atoms with Gasteiger partial charge in [-0.15, -0.1) is 0 Å². The monoisotopic (exact) mass is 578 g/mol. The second kappa shape index (κ2) is 18.3. The van der Waals surface area contributed by atoms with Gasteiger partial charge in [0, 0.05) is 38.3 Å². The number of guanidine groups is 1. The van der Waals surface area contributed by atoms with Gasteiger partial charge in [0.15, 0.2) is 5.96 Å². The van der Waals surface area contributed by atoms with Crippen molar-refractivity contribution in [2.45, 2.75) is 38.5 Å². The van der Waals surface area contributed by atoms with Gasteiger partial charge in [0.2, 0.25) is 0 Å². The molecule has 11 nitrogen and oxygen atoms in total. The highest BCUT2D eigenvalue weighted by molar-refractivity contribution is 6.02. The summed E-state index contributed by atoms with van der Waals surface area (Å²) in [6.45, 7) is 4.30. The standard InChI is InChI=1S/C31H42N6O5/c32-23-27(21-24-7-8-26-22-28(10-9-25(26)20-24)37-13-4-1-5-14-37)30(39)35-12-15-40-16-17-41-18-19-42-29(38)6-2-3-11-36-31(33)34/h7-10,20-22H,1-6,11-19H2,(H,35,39)(H4,33,34,36)/b27-21+. The second-order valence-corrected chi connectivity index (χ2v) is 9.97. The van der Waals surface area contributed by atoms with Crippen LogP contribution in [0.1, 0.15) is 44.1 Å². The Morgan fingerprint density at radius 3 is 2.43 bits per heavy atom. The number of benzene rings is 2. The average molecular weight is 579 g/mol. The summed E-state index contributed by atoms with van der Waals surface area (Å²) in [5.74, 6) is -0.692. The van der Waals surface area contributed by atoms with E-state index in [9.17, 15) is 14.9 Å². The van der Waals surface area contributed by atoms with Crippen LogP contribution in [0.25, 0.3) is 16.8 Å². The number of carbonyl (C=O) groups excluding carboxylic acids is 2. The molecule has 0 radical (unpaired) electrons. The molecule has 0 saturated carbocycles. The SMILES string of the molecule is N#C/C(=C\c1ccc2cc(N3CCCCC3)ccc2c1)C(=O)NCCOCCOCCOC(=O)CCCCN=C(N)N. The van der Waals surface area contributed by atoms with Gasteiger partial charge in [-0.05, 0) is 72.7 Å². The van der Waals surface area contributed by atoms with Crippen LogP contribution < -0.4 is 21.7 Å². The number of fused-ring (bicyclic) bond motifs is 1. The summed E-state index contributed by atoms with van der Waals surface area (Å²) in [5, 5.41) is 14.4. The third kappa shape index (κ3) is 11.8. The van der Waals surface area contributed by atoms with Crippen LogP contribution in [-0.2, 0) is 23.8 Å². The van der Waals surface area contributed by atoms with Crippen LogP contribution in [-0.4, -0.2) is 77.0 Å². The number of nitrogens with zero attached hydrogens (tertiary/aromatic N) is 3. The van der Waals surface area contributed by atoms with Gasteiger partial charge in [-0.3, -0.25) is 14.6 Å². The molecule has 0 atom stereocenters. The van der Waals surface area contributed by atoms with Crippen LogP contribution in [0.5, 0.6) is 0 Å². The number of piperidine rings is 1. The summed E-state index contributed by atoms with van der Waals surface area (Å²) in [7, 11) is 0. The molecule has 3 rings (SSSR count). The number of aliphatic imine (C=N–C) groups is 1. The maximum atomic E-state index is 12.5. The van der Waals surface area contributed by atoms with Crippen molar-refractivity contribution in [3.8, 4) is 6.07 Å². The molecule has 5 N–H and O–H groups in total. The van der Waals surface area contributed by atoms with Crippen molar-refractivity contribution in [1.29, 1.82) is 5.26 Å². The molecule has 1 aliphatic heterocycles. The predicted octanol–water partition coefficient (Wildman–Crippen LogP) is 2.87. The summed E-state index contributed by atoms with van der Waals surface area (Å²) in [4.78, 5) is 30.4. The van der Waals surface area contributed by atoms with E-state index in [1.54, 1.807) is 6.08 Å². The molecule has 0 aromatic heterocycles. The molecule has 2 aromatic carbocycles. The van der Waals surface area contributed by atoms with E-state index in [1.807, 2.05) is 24.3 Å². The Kier molecular flexibility index (Phi) is 14.1. The van der Waals surface area contributed by atoms with E-state index in [2.05, 4.69) is 33.4 Å². The second-order valence-electron chi connectivity index (χ2n) is 9.97. The van der Waals surface area contributed by atoms with E-state index in [4.69, 9.17) is 25.7 Å². The zero-order chi connectivity index (χ0) is 30.0. The average Bonchev–Trinajstić information content (AvgIpc) is 3.00. The van der Waals surface area contributed by atoms with Crippen LogP contribution in [0.2, 0.25) is 0 Å². The Balaban J connectivity index is 1.28. The summed E-state index contributed by atoms with van der Waals surface area (Å²) in [5.41, 5.74) is 12.5. The first-order valence-corrected chi connectivity index (χ1v) is 14.5. The molecule has 42 heavy (non-hydrogen) atoms. The zero-order valence-electron chi connectivity index (χ0n) is 24.2. The number of unbranched alkanes of at least 4 members (excludes halogenated alkanes) is 1. The van der Waals surface area contributed by atoms with Crippen molar-refractivity contribution in [3.05, 3.63) is 47.5 Å². The van der Waals surface area contributed by atoms with Crippen LogP contribution in [0.15, 0.2) is 47.0 Å². The van der Waals surface area contributed by atoms with Crippen LogP contribution in [0, 0.1) is 11.3 Å². The van der Waals surface area contributed by atoms with Crippen molar-refractivity contribution in [1.82, 2.24) is 5.32 Å². The van der Waals surface area contributed by atoms with Crippen molar-refractivity contribution in [2.75, 3.05) is 64.1 Å². The fourth-order valence-corrected chi connectivity index (χ4v) is 4.54. The minimum Gasteiger partial charge on any atom is -0.463 e. The Morgan fingerprint density at radius 1 is 0.952 bits per heavy atom. The number of ether oxygens (including phenoxy) is 3. The quantitative estimate of drug-likeness (QED) is 0.0639. The van der Waals surface area contributed by atoms with E-state index in [0.29, 0.717) is 39.0 Å². The molecule has 0 unspecified atom stereocenters. The molecule has 1 amide bonds. The minimum atomic E-state index is -0.448. The van der Waals surface area contributed by atoms with Crippen LogP contribution >= 0.6 is 0 Å². The number of hydrogen-bond donors (Lipinski definition) is 3. The molecule has 0 spiro atoms. The van der Waals surface area contributed by atoms with Gasteiger partial charge in [-0.25, -0.2) is 0 Å². The van der Waals surface area contributed by atoms with Gasteiger partial charge in [0.05, 0.1) is 26.4 Å². The lowest BCUT2D eigenvalue weighted by atomic mass is 10.0. The van der Waals surface area contributed by atoms with Gasteiger partial charge in [0.25, 0.3) is 5.91 Å². The lowest BCUT2D eigenvalue weighted by Gasteiger charge is -2.29. The van der Waals surface area contributed by atoms with Crippen molar-refractivity contribution in [2.24, 2.45) is 16.5 Å². The first kappa shape index (κ1) is 32.4. The van der Waals surface area contributed by atoms with Crippen LogP contribution in [0.4, 0.5) is 5.69 Å². The van der Waals surface area contributed by atoms with Gasteiger partial charge >= 0.3 is 5.97 Å². The van der Waals surface area contributed by atoms with E-state index in [0.717, 1.165) is 29.4 Å². The van der Waals surface area contributed by atoms with E-state index >= 15 is 0 Å². The fraction of sp³-hybridized carbons (Fsp3) is 0.484. The number of hydrogen-bond acceptors (Lipinski definition) is 8. The Morgan fingerprint density at radius 2 is 1.67 bits per heavy atom. The van der Waals surface area contributed by atoms with Gasteiger partial charge in [0.1, 0.15) is 18.2 Å². The molecule has 226 valence electrons. The van der Waals surface area contributed by atoms with E-state index in [1.165, 1.54) is 24.9 Å². The van der Waals surface area contributed by atoms with Crippen molar-refractivity contribution >= 4 is 40.4 Å². The Bertz CT molecular complexity index is 1260. The molecule has 0 aliphatic carbocycles. The summed E-state index contributed by atoms with van der Waals surface area (Å²) >= 11 is 0. The molecule has 1 heterocycles. The van der Waals surface area contributed by atoms with Crippen molar-refractivity contribution in [3.63, 3.8) is 0 Å². The zero-order valence-corrected chi connectivity index (χ0v) is 24.2. The highest BCUT2D eigenvalue weighted by atomic mass is 16.6. The number of nitrogens with one attached hydrogen (secondary N) is 1. The number of amides is 1. The maximum absolute atomic E-state index is 12.5. The van der Waals surface area contributed by atoms with Gasteiger partial charge in [-0.1, -0.05) is 18.2 Å². The normalized spacial score (nSPS) is 13.4. The fourth-order valence-electron chi connectivity index (χ4n) is 4.54. The number of carbonyl (C=O) groups is 2. The number of nitrogens with two attached hydrogens (primary N) is 2. The first-order valence-electron chi connectivity index (χ1n) is 14.5. The lowest BCUT2D eigenvalue weighted by molar-refractivity contribution is -0.145. The topological polar surface area (TPSA) is 165 Å². The third-order valence-electron chi connectivity index (χ3n) is 6.72. The number of nitriles is 1. The number of anilines is 1. The minimum absolute atomic E-state index is 0.0333. The van der Waals surface area contributed by atoms with Gasteiger partial charge in [-0.2, -0.15) is 5.26 Å². The highest BCUT2D eigenvalue weighted by Crippen LogP contribution is 2.26. The third-order valence-corrected chi connectivity index (χ3v) is 6.72. The molecular formula is C31H42N6O5. The molecule has 1 saturated heterocycles. The molecule has 1 fully saturated rings. The number of esters is 1. The smallest absolute Gasteiger partial charge is 0.305 e. The number of rotatable bonds is 17. The predicted molar refractivity (Wildman–Crippen MR) is 164 cm³/mol. The molecule has 2 aromatic rings. The summed E-state index contributed by atoms with van der Waals surface area (Å²) in [6, 6.07) is 14.4. The maximum Gasteiger partial charge on any atom is 0.305 e. The van der Waals surface area contributed by atoms with E-state index in [-0.39, 0.29) is 43.9 Å². The largest absolute Gasteiger partial charge is 0.463 e. The highest BCUT2D eigenvalue weighted by Gasteiger charge is 2.12. The molecule has 1 aliphatic rings. The van der Waals surface area contributed by atoms with Crippen molar-refractivity contribution < 1.29 is 23.8 Å². The first-order chi connectivity index (χ1) is 20.5. The Labute approximate surface area is 247 Å².